The van der Waals surface area contributed by atoms with Crippen LogP contribution in [0.1, 0.15) is 45.4 Å². The number of anilines is 1. The van der Waals surface area contributed by atoms with Gasteiger partial charge in [-0.1, -0.05) is 4.67 Å². The van der Waals surface area contributed by atoms with Gasteiger partial charge in [0.1, 0.15) is 4.90 Å². The molecule has 3 aliphatic heterocycles. The molecule has 36 heavy (non-hydrogen) atoms. The van der Waals surface area contributed by atoms with Crippen LogP contribution in [0.4, 0.5) is 14.5 Å². The average molecular weight is 541 g/mol. The van der Waals surface area contributed by atoms with E-state index in [1.807, 2.05) is 13.8 Å². The summed E-state index contributed by atoms with van der Waals surface area (Å²) in [7, 11) is -3.84. The fourth-order valence-corrected chi connectivity index (χ4v) is 7.45. The summed E-state index contributed by atoms with van der Waals surface area (Å²) in [6.07, 6.45) is 2.66. The fraction of sp³-hybridized carbons (Fsp3) is 0.609. The van der Waals surface area contributed by atoms with Crippen LogP contribution in [-0.4, -0.2) is 76.9 Å². The molecule has 4 aliphatic rings. The molecule has 1 aliphatic carbocycles. The Morgan fingerprint density at radius 1 is 1.31 bits per heavy atom. The molecule has 9 nitrogen and oxygen atoms in total. The van der Waals surface area contributed by atoms with Crippen LogP contribution >= 0.6 is 11.8 Å². The van der Waals surface area contributed by atoms with E-state index in [2.05, 4.69) is 19.3 Å². The topological polar surface area (TPSA) is 110 Å². The maximum absolute atomic E-state index is 13.3. The first-order valence-electron chi connectivity index (χ1n) is 12.0. The number of pyridine rings is 1. The Morgan fingerprint density at radius 2 is 2.00 bits per heavy atom. The number of aliphatic hydroxyl groups excluding tert-OH is 1. The SMILES string of the molecule is C[C@@H]1OCC2(CCN(c3cc(S(=O)(=O)NC4(C)CC4)cn4c(C5=[N+]=C(C(F)F)S5)ncc34)CC2)C1O. The molecule has 2 aromatic rings. The van der Waals surface area contributed by atoms with Crippen LogP contribution in [0.25, 0.3) is 5.52 Å². The van der Waals surface area contributed by atoms with Crippen LogP contribution < -0.4 is 14.3 Å². The first kappa shape index (κ1) is 24.3. The highest BCUT2D eigenvalue weighted by Crippen LogP contribution is 2.44. The minimum absolute atomic E-state index is 0.0819. The minimum Gasteiger partial charge on any atom is -0.390 e. The molecule has 5 heterocycles. The van der Waals surface area contributed by atoms with Crippen molar-refractivity contribution < 1.29 is 27.0 Å². The van der Waals surface area contributed by atoms with Gasteiger partial charge in [0.15, 0.2) is 0 Å². The largest absolute Gasteiger partial charge is 0.416 e. The van der Waals surface area contributed by atoms with Gasteiger partial charge in [0, 0.05) is 30.2 Å². The maximum Gasteiger partial charge on any atom is 0.416 e. The monoisotopic (exact) mass is 540 g/mol. The van der Waals surface area contributed by atoms with Gasteiger partial charge in [-0.2, -0.15) is 8.78 Å². The Balaban J connectivity index is 1.41. The van der Waals surface area contributed by atoms with Gasteiger partial charge in [0.2, 0.25) is 15.8 Å². The van der Waals surface area contributed by atoms with Gasteiger partial charge in [-0.3, -0.25) is 4.40 Å². The van der Waals surface area contributed by atoms with Crippen molar-refractivity contribution in [3.05, 3.63) is 24.3 Å². The number of hydrogen-bond acceptors (Lipinski definition) is 7. The van der Waals surface area contributed by atoms with Crippen LogP contribution in [0.15, 0.2) is 23.4 Å². The number of alkyl halides is 2. The Morgan fingerprint density at radius 3 is 2.58 bits per heavy atom. The summed E-state index contributed by atoms with van der Waals surface area (Å²) in [4.78, 5) is 6.61. The van der Waals surface area contributed by atoms with Gasteiger partial charge < -0.3 is 14.7 Å². The van der Waals surface area contributed by atoms with Crippen LogP contribution in [-0.2, 0) is 14.8 Å². The van der Waals surface area contributed by atoms with Crippen molar-refractivity contribution in [2.45, 2.75) is 68.6 Å². The normalized spacial score (nSPS) is 26.9. The lowest BCUT2D eigenvalue weighted by Gasteiger charge is -2.41. The molecule has 2 aromatic heterocycles. The highest BCUT2D eigenvalue weighted by Gasteiger charge is 2.49. The Bertz CT molecular complexity index is 1410. The average Bonchev–Trinajstić information content (AvgIpc) is 3.26. The number of nitrogens with one attached hydrogen (secondary N) is 1. The van der Waals surface area contributed by atoms with E-state index < -0.39 is 28.1 Å². The number of nitrogens with zero attached hydrogens (tertiary/aromatic N) is 4. The van der Waals surface area contributed by atoms with Gasteiger partial charge in [-0.25, -0.2) is 18.1 Å². The second kappa shape index (κ2) is 8.24. The highest BCUT2D eigenvalue weighted by molar-refractivity contribution is 8.28. The van der Waals surface area contributed by atoms with E-state index in [-0.39, 0.29) is 21.5 Å². The fourth-order valence-electron chi connectivity index (χ4n) is 5.29. The number of thioether (sulfide) groups is 1. The summed E-state index contributed by atoms with van der Waals surface area (Å²) in [6, 6.07) is 1.66. The van der Waals surface area contributed by atoms with Crippen LogP contribution in [0, 0.1) is 5.41 Å². The second-order valence-electron chi connectivity index (χ2n) is 10.5. The molecule has 1 spiro atoms. The molecule has 194 valence electrons. The number of sulfonamides is 1. The number of imidazole rings is 1. The van der Waals surface area contributed by atoms with E-state index in [0.717, 1.165) is 24.6 Å². The number of halogens is 2. The Hall–Kier alpha value is -2.02. The number of fused-ring (bicyclic) bond motifs is 1. The number of aliphatic hydroxyl groups is 1. The van der Waals surface area contributed by atoms with Crippen molar-refractivity contribution in [1.29, 1.82) is 0 Å². The van der Waals surface area contributed by atoms with E-state index in [1.165, 1.54) is 6.20 Å². The zero-order chi connectivity index (χ0) is 25.5. The minimum atomic E-state index is -3.84. The van der Waals surface area contributed by atoms with Crippen molar-refractivity contribution in [3.8, 4) is 0 Å². The van der Waals surface area contributed by atoms with Crippen molar-refractivity contribution in [2.75, 3.05) is 24.6 Å². The third-order valence-corrected chi connectivity index (χ3v) is 10.4. The van der Waals surface area contributed by atoms with E-state index in [0.29, 0.717) is 54.6 Å². The lowest BCUT2D eigenvalue weighted by Crippen LogP contribution is -2.47. The van der Waals surface area contributed by atoms with Crippen molar-refractivity contribution in [1.82, 2.24) is 18.8 Å². The molecule has 1 saturated carbocycles. The molecule has 0 amide bonds. The Kier molecular flexibility index (Phi) is 5.57. The standard InChI is InChI=1S/C23H28F2N5O4S2/c1-13-17(31)23(12-34-13)5-7-29(8-6-23)15-9-14(36(32,33)28-22(2)3-4-22)11-30-16(15)10-26-19(30)21-27-20(35-21)18(24)25/h9-11,13,17-18,28,31H,3-8,12H2,1-2H3/q+1/t13-,17?/m0/s1. The number of hydrogen-bond donors (Lipinski definition) is 2. The van der Waals surface area contributed by atoms with E-state index in [4.69, 9.17) is 4.74 Å². The molecule has 2 atom stereocenters. The number of ether oxygens (including phenoxy) is 1. The predicted molar refractivity (Wildman–Crippen MR) is 133 cm³/mol. The molecule has 1 unspecified atom stereocenters. The lowest BCUT2D eigenvalue weighted by atomic mass is 9.74. The number of aromatic nitrogens is 2. The molecular weight excluding hydrogens is 512 g/mol. The first-order valence-corrected chi connectivity index (χ1v) is 14.3. The van der Waals surface area contributed by atoms with Crippen LogP contribution in [0.3, 0.4) is 0 Å². The summed E-state index contributed by atoms with van der Waals surface area (Å²) in [6.45, 7) is 5.47. The third kappa shape index (κ3) is 3.97. The zero-order valence-corrected chi connectivity index (χ0v) is 21.6. The number of rotatable bonds is 6. The molecule has 0 aromatic carbocycles. The summed E-state index contributed by atoms with van der Waals surface area (Å²) >= 11 is 0.855. The molecule has 13 heteroatoms. The molecule has 6 rings (SSSR count). The van der Waals surface area contributed by atoms with Crippen molar-refractivity contribution in [2.24, 2.45) is 5.41 Å². The Labute approximate surface area is 211 Å². The molecule has 3 fully saturated rings. The maximum atomic E-state index is 13.3. The van der Waals surface area contributed by atoms with E-state index in [1.54, 1.807) is 16.7 Å². The second-order valence-corrected chi connectivity index (χ2v) is 13.2. The van der Waals surface area contributed by atoms with Crippen molar-refractivity contribution >= 4 is 43.1 Å². The number of piperidine rings is 1. The summed E-state index contributed by atoms with van der Waals surface area (Å²) < 4.78 is 66.6. The summed E-state index contributed by atoms with van der Waals surface area (Å²) in [5, 5.41) is 10.8. The van der Waals surface area contributed by atoms with Crippen molar-refractivity contribution in [3.63, 3.8) is 0 Å². The lowest BCUT2D eigenvalue weighted by molar-refractivity contribution is 0.0250. The van der Waals surface area contributed by atoms with E-state index >= 15 is 0 Å². The zero-order valence-electron chi connectivity index (χ0n) is 19.9. The molecule has 0 radical (unpaired) electrons. The smallest absolute Gasteiger partial charge is 0.390 e. The predicted octanol–water partition coefficient (Wildman–Crippen LogP) is 1.76. The van der Waals surface area contributed by atoms with Gasteiger partial charge in [-0.15, -0.1) is 0 Å². The molecule has 2 saturated heterocycles. The summed E-state index contributed by atoms with van der Waals surface area (Å²) in [5.41, 5.74) is 0.607. The van der Waals surface area contributed by atoms with E-state index in [9.17, 15) is 22.3 Å². The quantitative estimate of drug-likeness (QED) is 0.538. The highest BCUT2D eigenvalue weighted by atomic mass is 32.2. The third-order valence-electron chi connectivity index (χ3n) is 7.88. The first-order chi connectivity index (χ1) is 17.0. The van der Waals surface area contributed by atoms with Crippen LogP contribution in [0.2, 0.25) is 0 Å². The van der Waals surface area contributed by atoms with Gasteiger partial charge in [0.25, 0.3) is 0 Å². The molecule has 2 N–H and O–H groups in total. The van der Waals surface area contributed by atoms with Gasteiger partial charge in [0.05, 0.1) is 48.0 Å². The summed E-state index contributed by atoms with van der Waals surface area (Å²) in [5.74, 6) is 0.331. The molecular formula is C23H28F2N5O4S2+. The molecule has 0 bridgehead atoms. The van der Waals surface area contributed by atoms with Gasteiger partial charge >= 0.3 is 16.5 Å². The van der Waals surface area contributed by atoms with Gasteiger partial charge in [-0.05, 0) is 45.6 Å². The van der Waals surface area contributed by atoms with Crippen LogP contribution in [0.5, 0.6) is 0 Å².